The van der Waals surface area contributed by atoms with E-state index in [0.29, 0.717) is 12.8 Å². The highest BCUT2D eigenvalue weighted by Crippen LogP contribution is 2.39. The fraction of sp³-hybridized carbons (Fsp3) is 0.652. The molecule has 2 aliphatic rings. The Labute approximate surface area is 176 Å². The van der Waals surface area contributed by atoms with Gasteiger partial charge < -0.3 is 23.8 Å². The third kappa shape index (κ3) is 6.96. The Morgan fingerprint density at radius 3 is 2.72 bits per heavy atom. The zero-order chi connectivity index (χ0) is 20.7. The van der Waals surface area contributed by atoms with E-state index in [-0.39, 0.29) is 17.8 Å². The third-order valence-corrected chi connectivity index (χ3v) is 6.29. The van der Waals surface area contributed by atoms with Gasteiger partial charge in [0.15, 0.2) is 0 Å². The summed E-state index contributed by atoms with van der Waals surface area (Å²) in [6, 6.07) is 6.04. The fourth-order valence-electron chi connectivity index (χ4n) is 3.95. The molecule has 0 amide bonds. The topological polar surface area (TPSA) is 68.2 Å². The van der Waals surface area contributed by atoms with Crippen LogP contribution in [0.5, 0.6) is 11.5 Å². The monoisotopic (exact) mass is 422 g/mol. The number of unbranched alkanes of at least 4 members (excludes halogenated alkanes) is 5. The van der Waals surface area contributed by atoms with Crippen molar-refractivity contribution in [2.75, 3.05) is 0 Å². The highest BCUT2D eigenvalue weighted by Gasteiger charge is 2.34. The summed E-state index contributed by atoms with van der Waals surface area (Å²) in [5.41, 5.74) is 0.957. The lowest BCUT2D eigenvalue weighted by molar-refractivity contribution is -0.00129. The van der Waals surface area contributed by atoms with E-state index >= 15 is 0 Å². The minimum absolute atomic E-state index is 0.0723. The summed E-state index contributed by atoms with van der Waals surface area (Å²) in [7, 11) is -2.28. The van der Waals surface area contributed by atoms with Crippen molar-refractivity contribution in [3.63, 3.8) is 0 Å². The summed E-state index contributed by atoms with van der Waals surface area (Å²) in [5, 5.41) is 0. The van der Waals surface area contributed by atoms with Crippen LogP contribution in [0.4, 0.5) is 0 Å². The molecule has 0 spiro atoms. The first kappa shape index (κ1) is 22.6. The quantitative estimate of drug-likeness (QED) is 0.267. The van der Waals surface area contributed by atoms with Gasteiger partial charge in [0, 0.05) is 12.8 Å². The summed E-state index contributed by atoms with van der Waals surface area (Å²) in [5.74, 6) is 1.79. The fourth-order valence-corrected chi connectivity index (χ4v) is 4.39. The minimum atomic E-state index is -2.28. The smallest absolute Gasteiger partial charge is 0.327 e. The van der Waals surface area contributed by atoms with E-state index in [1.807, 2.05) is 12.1 Å². The number of hydrogen-bond donors (Lipinski definition) is 2. The number of aryl methyl sites for hydroxylation is 1. The van der Waals surface area contributed by atoms with Crippen molar-refractivity contribution in [3.05, 3.63) is 35.9 Å². The number of benzene rings is 1. The maximum atomic E-state index is 8.89. The molecule has 0 radical (unpaired) electrons. The second-order valence-electron chi connectivity index (χ2n) is 8.48. The van der Waals surface area contributed by atoms with Crippen molar-refractivity contribution in [1.82, 2.24) is 0 Å². The maximum absolute atomic E-state index is 8.89. The van der Waals surface area contributed by atoms with Gasteiger partial charge in [-0.05, 0) is 62.4 Å². The van der Waals surface area contributed by atoms with Crippen LogP contribution in [0.1, 0.15) is 77.2 Å². The second-order valence-corrected chi connectivity index (χ2v) is 9.20. The van der Waals surface area contributed by atoms with E-state index in [0.717, 1.165) is 30.8 Å². The third-order valence-electron chi connectivity index (χ3n) is 5.81. The molecule has 3 rings (SSSR count). The molecule has 1 atom stereocenters. The van der Waals surface area contributed by atoms with Crippen molar-refractivity contribution >= 4 is 8.60 Å². The van der Waals surface area contributed by atoms with Crippen LogP contribution in [0.2, 0.25) is 0 Å². The van der Waals surface area contributed by atoms with Crippen molar-refractivity contribution in [3.8, 4) is 11.5 Å². The zero-order valence-electron chi connectivity index (χ0n) is 17.7. The van der Waals surface area contributed by atoms with Gasteiger partial charge in [-0.1, -0.05) is 38.7 Å². The summed E-state index contributed by atoms with van der Waals surface area (Å²) in [6.45, 7) is 4.41. The Morgan fingerprint density at radius 2 is 1.97 bits per heavy atom. The van der Waals surface area contributed by atoms with Gasteiger partial charge in [-0.25, -0.2) is 0 Å². The number of rotatable bonds is 11. The van der Waals surface area contributed by atoms with Crippen LogP contribution in [0.3, 0.4) is 0 Å². The van der Waals surface area contributed by atoms with Crippen molar-refractivity contribution in [1.29, 1.82) is 0 Å². The highest BCUT2D eigenvalue weighted by molar-refractivity contribution is 7.39. The summed E-state index contributed by atoms with van der Waals surface area (Å²) < 4.78 is 17.3. The van der Waals surface area contributed by atoms with Crippen LogP contribution in [0.15, 0.2) is 30.4 Å². The zero-order valence-corrected chi connectivity index (χ0v) is 18.6. The van der Waals surface area contributed by atoms with E-state index in [2.05, 4.69) is 32.1 Å². The molecular weight excluding hydrogens is 387 g/mol. The van der Waals surface area contributed by atoms with Crippen molar-refractivity contribution < 1.29 is 23.8 Å². The van der Waals surface area contributed by atoms with Gasteiger partial charge in [-0.2, -0.15) is 0 Å². The first-order valence-electron chi connectivity index (χ1n) is 11.0. The van der Waals surface area contributed by atoms with E-state index in [1.54, 1.807) is 0 Å². The molecule has 1 heterocycles. The van der Waals surface area contributed by atoms with Crippen LogP contribution in [-0.4, -0.2) is 27.6 Å². The lowest BCUT2D eigenvalue weighted by Gasteiger charge is -2.36. The van der Waals surface area contributed by atoms with Crippen LogP contribution >= 0.6 is 8.60 Å². The minimum Gasteiger partial charge on any atom is -0.490 e. The first-order chi connectivity index (χ1) is 14.0. The average Bonchev–Trinajstić information content (AvgIpc) is 2.65. The summed E-state index contributed by atoms with van der Waals surface area (Å²) in [4.78, 5) is 17.8. The molecule has 0 aromatic heterocycles. The standard InChI is InChI=1S/C23H35O5P/c1-3-4-5-6-7-8-9-13-23(2)14-12-18-15-19(10-11-22(18)27-23)26-20-16-21(17-20)28-29(24)25/h9-11,13,15,20-21,24-25H,3-8,12,14,16-17H2,1-2H3/b13-9+. The molecule has 1 unspecified atom stereocenters. The Bertz CT molecular complexity index is 671. The Kier molecular flexibility index (Phi) is 8.37. The van der Waals surface area contributed by atoms with E-state index in [4.69, 9.17) is 23.8 Å². The molecule has 1 fully saturated rings. The molecule has 0 bridgehead atoms. The van der Waals surface area contributed by atoms with Crippen LogP contribution < -0.4 is 9.47 Å². The first-order valence-corrected chi connectivity index (χ1v) is 12.1. The molecule has 1 aromatic carbocycles. The van der Waals surface area contributed by atoms with Gasteiger partial charge in [-0.3, -0.25) is 0 Å². The molecule has 2 N–H and O–H groups in total. The van der Waals surface area contributed by atoms with Crippen LogP contribution in [-0.2, 0) is 10.9 Å². The van der Waals surface area contributed by atoms with Gasteiger partial charge in [-0.15, -0.1) is 0 Å². The molecule has 162 valence electrons. The van der Waals surface area contributed by atoms with E-state index in [1.165, 1.54) is 37.7 Å². The molecular formula is C23H35O5P. The Morgan fingerprint density at radius 1 is 1.17 bits per heavy atom. The molecule has 1 aromatic rings. The lowest BCUT2D eigenvalue weighted by atomic mass is 9.91. The second kappa shape index (κ2) is 10.8. The molecule has 6 heteroatoms. The molecule has 1 aliphatic carbocycles. The molecule has 1 saturated carbocycles. The Balaban J connectivity index is 1.45. The van der Waals surface area contributed by atoms with Gasteiger partial charge in [0.1, 0.15) is 23.2 Å². The van der Waals surface area contributed by atoms with Crippen LogP contribution in [0.25, 0.3) is 0 Å². The number of fused-ring (bicyclic) bond motifs is 1. The largest absolute Gasteiger partial charge is 0.490 e. The molecule has 29 heavy (non-hydrogen) atoms. The predicted octanol–water partition coefficient (Wildman–Crippen LogP) is 5.82. The average molecular weight is 423 g/mol. The van der Waals surface area contributed by atoms with Gasteiger partial charge in [0.05, 0.1) is 6.10 Å². The van der Waals surface area contributed by atoms with E-state index in [9.17, 15) is 0 Å². The molecule has 5 nitrogen and oxygen atoms in total. The van der Waals surface area contributed by atoms with Crippen molar-refractivity contribution in [2.24, 2.45) is 0 Å². The number of ether oxygens (including phenoxy) is 2. The van der Waals surface area contributed by atoms with Crippen LogP contribution in [0, 0.1) is 0 Å². The maximum Gasteiger partial charge on any atom is 0.327 e. The van der Waals surface area contributed by atoms with Gasteiger partial charge >= 0.3 is 8.60 Å². The Hall–Kier alpha value is -1.13. The predicted molar refractivity (Wildman–Crippen MR) is 116 cm³/mol. The summed E-state index contributed by atoms with van der Waals surface area (Å²) >= 11 is 0. The number of hydrogen-bond acceptors (Lipinski definition) is 5. The SMILES string of the molecule is CCCCCCC/C=C/C1(C)CCc2cc(OC3CC(OP(O)O)C3)ccc2O1. The number of allylic oxidation sites excluding steroid dienone is 1. The lowest BCUT2D eigenvalue weighted by Crippen LogP contribution is -2.38. The van der Waals surface area contributed by atoms with Crippen molar-refractivity contribution in [2.45, 2.75) is 95.9 Å². The highest BCUT2D eigenvalue weighted by atomic mass is 31.2. The normalized spacial score (nSPS) is 26.2. The van der Waals surface area contributed by atoms with E-state index < -0.39 is 8.60 Å². The van der Waals surface area contributed by atoms with Gasteiger partial charge in [0.2, 0.25) is 0 Å². The summed E-state index contributed by atoms with van der Waals surface area (Å²) in [6.07, 6.45) is 15.5. The van der Waals surface area contributed by atoms with Gasteiger partial charge in [0.25, 0.3) is 0 Å². The molecule has 0 saturated heterocycles. The molecule has 1 aliphatic heterocycles.